The van der Waals surface area contributed by atoms with E-state index in [0.29, 0.717) is 0 Å². The van der Waals surface area contributed by atoms with E-state index in [9.17, 15) is 5.11 Å². The summed E-state index contributed by atoms with van der Waals surface area (Å²) >= 11 is 0. The zero-order valence-corrected chi connectivity index (χ0v) is 15.8. The first-order valence-corrected chi connectivity index (χ1v) is 10.1. The molecule has 136 valence electrons. The molecule has 3 aromatic carbocycles. The van der Waals surface area contributed by atoms with E-state index in [1.165, 1.54) is 48.4 Å². The van der Waals surface area contributed by atoms with Crippen LogP contribution < -0.4 is 0 Å². The molecule has 1 heteroatoms. The minimum Gasteiger partial charge on any atom is -0.388 e. The predicted molar refractivity (Wildman–Crippen MR) is 112 cm³/mol. The molecule has 0 spiro atoms. The second kappa shape index (κ2) is 9.54. The van der Waals surface area contributed by atoms with Crippen LogP contribution in [0.4, 0.5) is 0 Å². The summed E-state index contributed by atoms with van der Waals surface area (Å²) in [6.45, 7) is 2.24. The van der Waals surface area contributed by atoms with Gasteiger partial charge in [-0.05, 0) is 33.9 Å². The Bertz CT molecular complexity index is 816. The molecule has 0 aliphatic carbocycles. The molecule has 0 radical (unpaired) electrons. The summed E-state index contributed by atoms with van der Waals surface area (Å²) in [5.41, 5.74) is 3.42. The molecule has 0 aliphatic rings. The van der Waals surface area contributed by atoms with Crippen LogP contribution in [0.3, 0.4) is 0 Å². The fraction of sp³-hybridized carbons (Fsp3) is 0.360. The molecule has 3 aromatic rings. The monoisotopic (exact) mass is 346 g/mol. The largest absolute Gasteiger partial charge is 0.388 e. The molecule has 1 atom stereocenters. The summed E-state index contributed by atoms with van der Waals surface area (Å²) in [5, 5.41) is 13.3. The second-order valence-corrected chi connectivity index (χ2v) is 7.19. The van der Waals surface area contributed by atoms with Crippen molar-refractivity contribution in [2.75, 3.05) is 0 Å². The fourth-order valence-corrected chi connectivity index (χ4v) is 3.77. The molecule has 0 aliphatic heterocycles. The van der Waals surface area contributed by atoms with Gasteiger partial charge in [-0.15, -0.1) is 0 Å². The highest BCUT2D eigenvalue weighted by Crippen LogP contribution is 2.35. The first-order chi connectivity index (χ1) is 12.8. The van der Waals surface area contributed by atoms with Crippen LogP contribution in [0.15, 0.2) is 66.7 Å². The Balaban J connectivity index is 1.78. The topological polar surface area (TPSA) is 20.2 Å². The van der Waals surface area contributed by atoms with Gasteiger partial charge in [-0.1, -0.05) is 112 Å². The molecule has 1 unspecified atom stereocenters. The molecule has 0 saturated heterocycles. The van der Waals surface area contributed by atoms with E-state index in [0.717, 1.165) is 24.0 Å². The smallest absolute Gasteiger partial charge is 0.0796 e. The Morgan fingerprint density at radius 3 is 2.23 bits per heavy atom. The number of hydrogen-bond acceptors (Lipinski definition) is 1. The first kappa shape index (κ1) is 18.7. The van der Waals surface area contributed by atoms with Gasteiger partial charge in [0.2, 0.25) is 0 Å². The van der Waals surface area contributed by atoms with Crippen molar-refractivity contribution >= 4 is 10.8 Å². The number of rotatable bonds is 9. The quantitative estimate of drug-likeness (QED) is 0.403. The van der Waals surface area contributed by atoms with Crippen molar-refractivity contribution in [3.05, 3.63) is 72.3 Å². The molecule has 1 N–H and O–H groups in total. The number of hydrogen-bond donors (Lipinski definition) is 1. The maximum Gasteiger partial charge on any atom is 0.0796 e. The van der Waals surface area contributed by atoms with Crippen LogP contribution in [0, 0.1) is 0 Å². The summed E-state index contributed by atoms with van der Waals surface area (Å²) < 4.78 is 0. The van der Waals surface area contributed by atoms with Crippen LogP contribution in [0.2, 0.25) is 0 Å². The van der Waals surface area contributed by atoms with Crippen molar-refractivity contribution in [3.63, 3.8) is 0 Å². The Labute approximate surface area is 157 Å². The molecule has 0 heterocycles. The lowest BCUT2D eigenvalue weighted by molar-refractivity contribution is 0.164. The first-order valence-electron chi connectivity index (χ1n) is 10.1. The molecule has 0 bridgehead atoms. The van der Waals surface area contributed by atoms with Crippen LogP contribution in [0.1, 0.15) is 63.5 Å². The van der Waals surface area contributed by atoms with Crippen LogP contribution in [-0.4, -0.2) is 5.11 Å². The highest BCUT2D eigenvalue weighted by molar-refractivity contribution is 5.97. The lowest BCUT2D eigenvalue weighted by Gasteiger charge is -2.17. The summed E-state index contributed by atoms with van der Waals surface area (Å²) in [6, 6.07) is 23.2. The lowest BCUT2D eigenvalue weighted by atomic mass is 9.91. The lowest BCUT2D eigenvalue weighted by Crippen LogP contribution is -2.00. The van der Waals surface area contributed by atoms with Crippen molar-refractivity contribution in [3.8, 4) is 11.1 Å². The Hall–Kier alpha value is -2.12. The zero-order chi connectivity index (χ0) is 18.2. The Morgan fingerprint density at radius 2 is 1.35 bits per heavy atom. The molecule has 3 rings (SSSR count). The summed E-state index contributed by atoms with van der Waals surface area (Å²) in [4.78, 5) is 0. The van der Waals surface area contributed by atoms with Gasteiger partial charge in [0.1, 0.15) is 0 Å². The minimum absolute atomic E-state index is 0.392. The molecule has 0 saturated carbocycles. The van der Waals surface area contributed by atoms with E-state index >= 15 is 0 Å². The van der Waals surface area contributed by atoms with Gasteiger partial charge < -0.3 is 5.11 Å². The van der Waals surface area contributed by atoms with E-state index in [4.69, 9.17) is 0 Å². The standard InChI is InChI=1S/C25H30O/c1-2-3-4-5-6-7-19-25(26)24-17-11-10-16-23(24)22-18-12-14-20-13-8-9-15-21(20)22/h8-18,25-26H,2-7,19H2,1H3. The number of benzene rings is 3. The number of aliphatic hydroxyl groups is 1. The van der Waals surface area contributed by atoms with Gasteiger partial charge in [0, 0.05) is 0 Å². The van der Waals surface area contributed by atoms with Crippen LogP contribution in [-0.2, 0) is 0 Å². The predicted octanol–water partition coefficient (Wildman–Crippen LogP) is 7.29. The van der Waals surface area contributed by atoms with Crippen LogP contribution in [0.5, 0.6) is 0 Å². The Morgan fingerprint density at radius 1 is 0.692 bits per heavy atom. The average molecular weight is 347 g/mol. The van der Waals surface area contributed by atoms with Crippen molar-refractivity contribution in [2.24, 2.45) is 0 Å². The van der Waals surface area contributed by atoms with Gasteiger partial charge in [-0.3, -0.25) is 0 Å². The van der Waals surface area contributed by atoms with E-state index in [2.05, 4.69) is 67.6 Å². The molecule has 0 aromatic heterocycles. The van der Waals surface area contributed by atoms with E-state index in [-0.39, 0.29) is 0 Å². The second-order valence-electron chi connectivity index (χ2n) is 7.19. The number of unbranched alkanes of at least 4 members (excludes halogenated alkanes) is 5. The highest BCUT2D eigenvalue weighted by atomic mass is 16.3. The van der Waals surface area contributed by atoms with Crippen LogP contribution in [0.25, 0.3) is 21.9 Å². The van der Waals surface area contributed by atoms with Crippen molar-refractivity contribution in [1.29, 1.82) is 0 Å². The molecule has 26 heavy (non-hydrogen) atoms. The third-order valence-electron chi connectivity index (χ3n) is 5.23. The van der Waals surface area contributed by atoms with E-state index < -0.39 is 6.10 Å². The zero-order valence-electron chi connectivity index (χ0n) is 15.8. The van der Waals surface area contributed by atoms with Crippen LogP contribution >= 0.6 is 0 Å². The summed E-state index contributed by atoms with van der Waals surface area (Å²) in [7, 11) is 0. The van der Waals surface area contributed by atoms with E-state index in [1.54, 1.807) is 0 Å². The minimum atomic E-state index is -0.392. The summed E-state index contributed by atoms with van der Waals surface area (Å²) in [5.74, 6) is 0. The SMILES string of the molecule is CCCCCCCCC(O)c1ccccc1-c1cccc2ccccc12. The Kier molecular flexibility index (Phi) is 6.85. The molecular weight excluding hydrogens is 316 g/mol. The summed E-state index contributed by atoms with van der Waals surface area (Å²) in [6.07, 6.45) is 7.96. The van der Waals surface area contributed by atoms with Gasteiger partial charge in [-0.2, -0.15) is 0 Å². The molecule has 0 amide bonds. The number of fused-ring (bicyclic) bond motifs is 1. The van der Waals surface area contributed by atoms with E-state index in [1.807, 2.05) is 6.07 Å². The maximum absolute atomic E-state index is 10.8. The normalized spacial score (nSPS) is 12.4. The maximum atomic E-state index is 10.8. The fourth-order valence-electron chi connectivity index (χ4n) is 3.77. The van der Waals surface area contributed by atoms with Gasteiger partial charge in [-0.25, -0.2) is 0 Å². The third kappa shape index (κ3) is 4.53. The molecule has 0 fully saturated rings. The highest BCUT2D eigenvalue weighted by Gasteiger charge is 2.14. The van der Waals surface area contributed by atoms with Crippen molar-refractivity contribution in [1.82, 2.24) is 0 Å². The average Bonchev–Trinajstić information content (AvgIpc) is 2.70. The van der Waals surface area contributed by atoms with Crippen molar-refractivity contribution < 1.29 is 5.11 Å². The van der Waals surface area contributed by atoms with Gasteiger partial charge >= 0.3 is 0 Å². The van der Waals surface area contributed by atoms with Gasteiger partial charge in [0.05, 0.1) is 6.10 Å². The third-order valence-corrected chi connectivity index (χ3v) is 5.23. The molecule has 1 nitrogen and oxygen atoms in total. The van der Waals surface area contributed by atoms with Gasteiger partial charge in [0.25, 0.3) is 0 Å². The molecular formula is C25H30O. The number of aliphatic hydroxyl groups excluding tert-OH is 1. The van der Waals surface area contributed by atoms with Gasteiger partial charge in [0.15, 0.2) is 0 Å². The van der Waals surface area contributed by atoms with Crippen molar-refractivity contribution in [2.45, 2.75) is 58.0 Å².